The minimum Gasteiger partial charge on any atom is -0.353 e. The van der Waals surface area contributed by atoms with Crippen LogP contribution in [0.4, 0.5) is 0 Å². The Kier molecular flexibility index (Phi) is 5.23. The molecule has 104 valence electrons. The van der Waals surface area contributed by atoms with Crippen LogP contribution in [0.25, 0.3) is 0 Å². The van der Waals surface area contributed by atoms with Crippen LogP contribution in [0.2, 0.25) is 5.02 Å². The van der Waals surface area contributed by atoms with Crippen LogP contribution in [0.15, 0.2) is 24.3 Å². The molecule has 4 heteroatoms. The average Bonchev–Trinajstić information content (AvgIpc) is 2.41. The first-order chi connectivity index (χ1) is 9.15. The number of aryl methyl sites for hydroxylation is 1. The molecule has 1 heterocycles. The molecule has 2 N–H and O–H groups in total. The van der Waals surface area contributed by atoms with E-state index in [2.05, 4.69) is 17.6 Å². The summed E-state index contributed by atoms with van der Waals surface area (Å²) < 4.78 is 0. The quantitative estimate of drug-likeness (QED) is 0.889. The lowest BCUT2D eigenvalue weighted by Gasteiger charge is -2.30. The number of hydrogen-bond acceptors (Lipinski definition) is 2. The molecule has 0 bridgehead atoms. The zero-order valence-electron chi connectivity index (χ0n) is 11.3. The van der Waals surface area contributed by atoms with Crippen molar-refractivity contribution in [3.8, 4) is 0 Å². The number of nitrogens with one attached hydrogen (secondary N) is 2. The average molecular weight is 281 g/mol. The second-order valence-electron chi connectivity index (χ2n) is 5.27. The van der Waals surface area contributed by atoms with Gasteiger partial charge >= 0.3 is 0 Å². The van der Waals surface area contributed by atoms with E-state index in [0.717, 1.165) is 36.5 Å². The first-order valence-electron chi connectivity index (χ1n) is 6.89. The molecule has 3 nitrogen and oxygen atoms in total. The highest BCUT2D eigenvalue weighted by Gasteiger charge is 2.22. The first-order valence-corrected chi connectivity index (χ1v) is 7.27. The van der Waals surface area contributed by atoms with Gasteiger partial charge in [-0.1, -0.05) is 30.7 Å². The lowest BCUT2D eigenvalue weighted by molar-refractivity contribution is -0.122. The van der Waals surface area contributed by atoms with E-state index in [-0.39, 0.29) is 5.91 Å². The van der Waals surface area contributed by atoms with E-state index in [1.807, 2.05) is 24.3 Å². The Morgan fingerprint density at radius 1 is 1.42 bits per heavy atom. The summed E-state index contributed by atoms with van der Waals surface area (Å²) in [6, 6.07) is 8.00. The molecule has 2 unspecified atom stereocenters. The second kappa shape index (κ2) is 6.92. The predicted molar refractivity (Wildman–Crippen MR) is 78.4 cm³/mol. The molecule has 1 aromatic carbocycles. The molecule has 1 aromatic rings. The van der Waals surface area contributed by atoms with E-state index in [1.54, 1.807) is 0 Å². The second-order valence-corrected chi connectivity index (χ2v) is 5.71. The zero-order chi connectivity index (χ0) is 13.7. The fourth-order valence-electron chi connectivity index (χ4n) is 2.42. The summed E-state index contributed by atoms with van der Waals surface area (Å²) in [6.07, 6.45) is 2.33. The zero-order valence-corrected chi connectivity index (χ0v) is 12.0. The number of amides is 1. The molecule has 1 aliphatic rings. The summed E-state index contributed by atoms with van der Waals surface area (Å²) in [6.45, 7) is 4.16. The van der Waals surface area contributed by atoms with Gasteiger partial charge in [0.05, 0.1) is 0 Å². The van der Waals surface area contributed by atoms with Crippen LogP contribution >= 0.6 is 11.6 Å². The van der Waals surface area contributed by atoms with Gasteiger partial charge in [0.2, 0.25) is 5.91 Å². The molecule has 1 amide bonds. The summed E-state index contributed by atoms with van der Waals surface area (Å²) in [5.41, 5.74) is 1.15. The molecule has 0 aromatic heterocycles. The number of hydrogen-bond donors (Lipinski definition) is 2. The summed E-state index contributed by atoms with van der Waals surface area (Å²) in [4.78, 5) is 11.9. The largest absolute Gasteiger partial charge is 0.353 e. The predicted octanol–water partition coefficient (Wildman–Crippen LogP) is 2.39. The summed E-state index contributed by atoms with van der Waals surface area (Å²) in [7, 11) is 0. The van der Waals surface area contributed by atoms with Crippen LogP contribution in [0, 0.1) is 5.92 Å². The van der Waals surface area contributed by atoms with Gasteiger partial charge in [-0.15, -0.1) is 0 Å². The van der Waals surface area contributed by atoms with Crippen molar-refractivity contribution in [3.63, 3.8) is 0 Å². The molecule has 1 saturated heterocycles. The van der Waals surface area contributed by atoms with Crippen LogP contribution in [0.3, 0.4) is 0 Å². The Bertz CT molecular complexity index is 419. The van der Waals surface area contributed by atoms with Crippen molar-refractivity contribution in [1.82, 2.24) is 10.6 Å². The number of carbonyl (C=O) groups is 1. The summed E-state index contributed by atoms with van der Waals surface area (Å²) >= 11 is 5.83. The van der Waals surface area contributed by atoms with E-state index >= 15 is 0 Å². The molecular formula is C15H21ClN2O. The number of benzene rings is 1. The normalized spacial score (nSPS) is 23.1. The lowest BCUT2D eigenvalue weighted by Crippen LogP contribution is -2.48. The summed E-state index contributed by atoms with van der Waals surface area (Å²) in [5.74, 6) is 0.655. The van der Waals surface area contributed by atoms with Crippen LogP contribution < -0.4 is 10.6 Å². The molecule has 19 heavy (non-hydrogen) atoms. The van der Waals surface area contributed by atoms with Crippen LogP contribution in [-0.4, -0.2) is 25.0 Å². The number of rotatable bonds is 4. The Morgan fingerprint density at radius 2 is 2.16 bits per heavy atom. The maximum atomic E-state index is 11.9. The van der Waals surface area contributed by atoms with Gasteiger partial charge in [0.15, 0.2) is 0 Å². The van der Waals surface area contributed by atoms with Gasteiger partial charge in [0.25, 0.3) is 0 Å². The van der Waals surface area contributed by atoms with Gasteiger partial charge in [0.1, 0.15) is 0 Å². The minimum absolute atomic E-state index is 0.147. The van der Waals surface area contributed by atoms with Gasteiger partial charge in [-0.3, -0.25) is 4.79 Å². The number of carbonyl (C=O) groups excluding carboxylic acids is 1. The molecular weight excluding hydrogens is 260 g/mol. The minimum atomic E-state index is 0.147. The van der Waals surface area contributed by atoms with Crippen molar-refractivity contribution in [1.29, 1.82) is 0 Å². The van der Waals surface area contributed by atoms with Crippen molar-refractivity contribution in [2.24, 2.45) is 5.92 Å². The summed E-state index contributed by atoms with van der Waals surface area (Å²) in [5, 5.41) is 7.22. The topological polar surface area (TPSA) is 41.1 Å². The number of halogens is 1. The molecule has 0 aliphatic carbocycles. The smallest absolute Gasteiger partial charge is 0.220 e. The van der Waals surface area contributed by atoms with Gasteiger partial charge < -0.3 is 10.6 Å². The fraction of sp³-hybridized carbons (Fsp3) is 0.533. The first kappa shape index (κ1) is 14.4. The Hall–Kier alpha value is -1.06. The third-order valence-electron chi connectivity index (χ3n) is 3.69. The van der Waals surface area contributed by atoms with Gasteiger partial charge in [-0.05, 0) is 49.5 Å². The monoisotopic (exact) mass is 280 g/mol. The van der Waals surface area contributed by atoms with E-state index in [0.29, 0.717) is 18.4 Å². The van der Waals surface area contributed by atoms with Crippen molar-refractivity contribution >= 4 is 17.5 Å². The van der Waals surface area contributed by atoms with Gasteiger partial charge in [0, 0.05) is 17.5 Å². The van der Waals surface area contributed by atoms with Gasteiger partial charge in [-0.25, -0.2) is 0 Å². The third-order valence-corrected chi connectivity index (χ3v) is 3.94. The Morgan fingerprint density at radius 3 is 2.84 bits per heavy atom. The van der Waals surface area contributed by atoms with Crippen molar-refractivity contribution in [2.45, 2.75) is 32.2 Å². The highest BCUT2D eigenvalue weighted by atomic mass is 35.5. The molecule has 2 rings (SSSR count). The molecule has 0 spiro atoms. The van der Waals surface area contributed by atoms with Crippen LogP contribution in [0.1, 0.15) is 25.3 Å². The lowest BCUT2D eigenvalue weighted by atomic mass is 9.95. The fourth-order valence-corrected chi connectivity index (χ4v) is 2.54. The SMILES string of the molecule is CC1CNCCC1NC(=O)CCc1ccc(Cl)cc1. The van der Waals surface area contributed by atoms with Crippen molar-refractivity contribution < 1.29 is 4.79 Å². The molecule has 2 atom stereocenters. The molecule has 0 radical (unpaired) electrons. The maximum Gasteiger partial charge on any atom is 0.220 e. The van der Waals surface area contributed by atoms with Gasteiger partial charge in [-0.2, -0.15) is 0 Å². The third kappa shape index (κ3) is 4.51. The van der Waals surface area contributed by atoms with E-state index in [4.69, 9.17) is 11.6 Å². The number of piperidine rings is 1. The Labute approximate surface area is 119 Å². The standard InChI is InChI=1S/C15H21ClN2O/c1-11-10-17-9-8-14(11)18-15(19)7-4-12-2-5-13(16)6-3-12/h2-3,5-6,11,14,17H,4,7-10H2,1H3,(H,18,19). The maximum absolute atomic E-state index is 11.9. The van der Waals surface area contributed by atoms with Crippen LogP contribution in [0.5, 0.6) is 0 Å². The van der Waals surface area contributed by atoms with Crippen LogP contribution in [-0.2, 0) is 11.2 Å². The van der Waals surface area contributed by atoms with E-state index in [9.17, 15) is 4.79 Å². The molecule has 1 fully saturated rings. The Balaban J connectivity index is 1.76. The highest BCUT2D eigenvalue weighted by molar-refractivity contribution is 6.30. The molecule has 0 saturated carbocycles. The highest BCUT2D eigenvalue weighted by Crippen LogP contribution is 2.12. The van der Waals surface area contributed by atoms with E-state index in [1.165, 1.54) is 0 Å². The molecule has 1 aliphatic heterocycles. The van der Waals surface area contributed by atoms with Crippen molar-refractivity contribution in [3.05, 3.63) is 34.9 Å². The van der Waals surface area contributed by atoms with E-state index < -0.39 is 0 Å². The van der Waals surface area contributed by atoms with Crippen molar-refractivity contribution in [2.75, 3.05) is 13.1 Å².